The molecule has 1 aromatic rings. The molecule has 0 amide bonds. The van der Waals surface area contributed by atoms with E-state index in [0.29, 0.717) is 0 Å². The van der Waals surface area contributed by atoms with Gasteiger partial charge in [-0.3, -0.25) is 4.90 Å². The van der Waals surface area contributed by atoms with Crippen molar-refractivity contribution in [2.24, 2.45) is 5.73 Å². The first kappa shape index (κ1) is 14.4. The van der Waals surface area contributed by atoms with Gasteiger partial charge >= 0.3 is 0 Å². The van der Waals surface area contributed by atoms with Crippen molar-refractivity contribution in [1.82, 2.24) is 4.90 Å². The van der Waals surface area contributed by atoms with Crippen molar-refractivity contribution in [2.45, 2.75) is 38.6 Å². The highest BCUT2D eigenvalue weighted by molar-refractivity contribution is 5.29. The zero-order valence-electron chi connectivity index (χ0n) is 12.0. The molecule has 19 heavy (non-hydrogen) atoms. The van der Waals surface area contributed by atoms with E-state index in [1.165, 1.54) is 31.5 Å². The maximum Gasteiger partial charge on any atom is 0.119 e. The monoisotopic (exact) mass is 262 g/mol. The Balaban J connectivity index is 1.74. The molecular formula is C16H26N2O. The standard InChI is InChI=1S/C16H26N2O/c1-2-5-16(17)14-6-8-15(9-7-14)19-13-12-18-10-3-4-11-18/h6-9,16H,2-5,10-13,17H2,1H3. The van der Waals surface area contributed by atoms with Crippen LogP contribution in [0.2, 0.25) is 0 Å². The van der Waals surface area contributed by atoms with Crippen LogP contribution in [0, 0.1) is 0 Å². The predicted molar refractivity (Wildman–Crippen MR) is 79.4 cm³/mol. The van der Waals surface area contributed by atoms with E-state index in [-0.39, 0.29) is 6.04 Å². The first-order chi connectivity index (χ1) is 9.29. The third kappa shape index (κ3) is 4.51. The van der Waals surface area contributed by atoms with Crippen LogP contribution in [0.5, 0.6) is 5.75 Å². The molecule has 0 spiro atoms. The number of nitrogens with zero attached hydrogens (tertiary/aromatic N) is 1. The van der Waals surface area contributed by atoms with Crippen LogP contribution < -0.4 is 10.5 Å². The largest absolute Gasteiger partial charge is 0.492 e. The third-order valence-corrected chi connectivity index (χ3v) is 3.78. The highest BCUT2D eigenvalue weighted by atomic mass is 16.5. The number of rotatable bonds is 7. The van der Waals surface area contributed by atoms with Gasteiger partial charge in [0.1, 0.15) is 12.4 Å². The average molecular weight is 262 g/mol. The number of ether oxygens (including phenoxy) is 1. The smallest absolute Gasteiger partial charge is 0.119 e. The van der Waals surface area contributed by atoms with Crippen molar-refractivity contribution in [3.63, 3.8) is 0 Å². The zero-order valence-corrected chi connectivity index (χ0v) is 12.0. The Labute approximate surface area is 116 Å². The lowest BCUT2D eigenvalue weighted by molar-refractivity contribution is 0.237. The first-order valence-corrected chi connectivity index (χ1v) is 7.50. The van der Waals surface area contributed by atoms with Gasteiger partial charge in [-0.1, -0.05) is 25.5 Å². The molecular weight excluding hydrogens is 236 g/mol. The summed E-state index contributed by atoms with van der Waals surface area (Å²) >= 11 is 0. The molecule has 2 rings (SSSR count). The maximum atomic E-state index is 6.09. The Morgan fingerprint density at radius 2 is 1.89 bits per heavy atom. The molecule has 1 heterocycles. The van der Waals surface area contributed by atoms with Crippen LogP contribution in [0.3, 0.4) is 0 Å². The van der Waals surface area contributed by atoms with Crippen LogP contribution in [0.4, 0.5) is 0 Å². The van der Waals surface area contributed by atoms with Gasteiger partial charge in [0.15, 0.2) is 0 Å². The second-order valence-electron chi connectivity index (χ2n) is 5.36. The Hall–Kier alpha value is -1.06. The van der Waals surface area contributed by atoms with Crippen molar-refractivity contribution in [3.05, 3.63) is 29.8 Å². The van der Waals surface area contributed by atoms with Crippen LogP contribution in [0.25, 0.3) is 0 Å². The Morgan fingerprint density at radius 1 is 1.21 bits per heavy atom. The number of hydrogen-bond donors (Lipinski definition) is 1. The SMILES string of the molecule is CCCC(N)c1ccc(OCCN2CCCC2)cc1. The molecule has 3 nitrogen and oxygen atoms in total. The molecule has 1 atom stereocenters. The molecule has 3 heteroatoms. The third-order valence-electron chi connectivity index (χ3n) is 3.78. The summed E-state index contributed by atoms with van der Waals surface area (Å²) in [5.74, 6) is 0.951. The van der Waals surface area contributed by atoms with Crippen LogP contribution in [0.1, 0.15) is 44.2 Å². The second kappa shape index (κ2) is 7.51. The van der Waals surface area contributed by atoms with E-state index >= 15 is 0 Å². The summed E-state index contributed by atoms with van der Waals surface area (Å²) in [5.41, 5.74) is 7.29. The van der Waals surface area contributed by atoms with Gasteiger partial charge in [-0.15, -0.1) is 0 Å². The topological polar surface area (TPSA) is 38.5 Å². The van der Waals surface area contributed by atoms with E-state index in [1.807, 2.05) is 12.1 Å². The summed E-state index contributed by atoms with van der Waals surface area (Å²) in [7, 11) is 0. The van der Waals surface area contributed by atoms with Gasteiger partial charge < -0.3 is 10.5 Å². The zero-order chi connectivity index (χ0) is 13.5. The second-order valence-corrected chi connectivity index (χ2v) is 5.36. The summed E-state index contributed by atoms with van der Waals surface area (Å²) in [4.78, 5) is 2.46. The summed E-state index contributed by atoms with van der Waals surface area (Å²) in [6.45, 7) is 6.44. The lowest BCUT2D eigenvalue weighted by atomic mass is 10.0. The number of hydrogen-bond acceptors (Lipinski definition) is 3. The molecule has 1 aliphatic heterocycles. The first-order valence-electron chi connectivity index (χ1n) is 7.50. The fraction of sp³-hybridized carbons (Fsp3) is 0.625. The molecule has 0 saturated carbocycles. The Morgan fingerprint density at radius 3 is 2.53 bits per heavy atom. The summed E-state index contributed by atoms with van der Waals surface area (Å²) in [5, 5.41) is 0. The van der Waals surface area contributed by atoms with Crippen molar-refractivity contribution in [2.75, 3.05) is 26.2 Å². The number of nitrogens with two attached hydrogens (primary N) is 1. The van der Waals surface area contributed by atoms with E-state index in [2.05, 4.69) is 24.0 Å². The van der Waals surface area contributed by atoms with Crippen LogP contribution in [-0.2, 0) is 0 Å². The Kier molecular flexibility index (Phi) is 5.67. The average Bonchev–Trinajstić information content (AvgIpc) is 2.93. The molecule has 0 aliphatic carbocycles. The van der Waals surface area contributed by atoms with E-state index < -0.39 is 0 Å². The predicted octanol–water partition coefficient (Wildman–Crippen LogP) is 2.96. The van der Waals surface area contributed by atoms with Gasteiger partial charge in [0, 0.05) is 12.6 Å². The van der Waals surface area contributed by atoms with Crippen molar-refractivity contribution >= 4 is 0 Å². The van der Waals surface area contributed by atoms with Crippen molar-refractivity contribution in [3.8, 4) is 5.75 Å². The number of benzene rings is 1. The highest BCUT2D eigenvalue weighted by Crippen LogP contribution is 2.19. The minimum Gasteiger partial charge on any atom is -0.492 e. The molecule has 1 saturated heterocycles. The summed E-state index contributed by atoms with van der Waals surface area (Å²) in [6.07, 6.45) is 4.83. The summed E-state index contributed by atoms with van der Waals surface area (Å²) in [6, 6.07) is 8.41. The molecule has 0 aromatic heterocycles. The molecule has 106 valence electrons. The molecule has 1 aliphatic rings. The van der Waals surface area contributed by atoms with Gasteiger partial charge in [0.2, 0.25) is 0 Å². The highest BCUT2D eigenvalue weighted by Gasteiger charge is 2.10. The van der Waals surface area contributed by atoms with Crippen LogP contribution in [0.15, 0.2) is 24.3 Å². The fourth-order valence-electron chi connectivity index (χ4n) is 2.59. The van der Waals surface area contributed by atoms with Crippen molar-refractivity contribution in [1.29, 1.82) is 0 Å². The van der Waals surface area contributed by atoms with Crippen LogP contribution in [-0.4, -0.2) is 31.1 Å². The van der Waals surface area contributed by atoms with E-state index in [4.69, 9.17) is 10.5 Å². The lowest BCUT2D eigenvalue weighted by Gasteiger charge is -2.15. The lowest BCUT2D eigenvalue weighted by Crippen LogP contribution is -2.25. The van der Waals surface area contributed by atoms with E-state index in [0.717, 1.165) is 31.7 Å². The molecule has 0 radical (unpaired) electrons. The molecule has 2 N–H and O–H groups in total. The van der Waals surface area contributed by atoms with Gasteiger partial charge in [-0.25, -0.2) is 0 Å². The van der Waals surface area contributed by atoms with Crippen molar-refractivity contribution < 1.29 is 4.74 Å². The van der Waals surface area contributed by atoms with Gasteiger partial charge in [-0.2, -0.15) is 0 Å². The Bertz CT molecular complexity index is 358. The minimum absolute atomic E-state index is 0.156. The molecule has 0 bridgehead atoms. The van der Waals surface area contributed by atoms with Crippen LogP contribution >= 0.6 is 0 Å². The van der Waals surface area contributed by atoms with Gasteiger partial charge in [0.05, 0.1) is 0 Å². The summed E-state index contributed by atoms with van der Waals surface area (Å²) < 4.78 is 5.78. The van der Waals surface area contributed by atoms with Gasteiger partial charge in [0.25, 0.3) is 0 Å². The van der Waals surface area contributed by atoms with Gasteiger partial charge in [-0.05, 0) is 50.0 Å². The maximum absolute atomic E-state index is 6.09. The minimum atomic E-state index is 0.156. The normalized spacial score (nSPS) is 17.6. The molecule has 1 unspecified atom stereocenters. The van der Waals surface area contributed by atoms with E-state index in [9.17, 15) is 0 Å². The molecule has 1 fully saturated rings. The fourth-order valence-corrected chi connectivity index (χ4v) is 2.59. The number of likely N-dealkylation sites (tertiary alicyclic amines) is 1. The molecule has 1 aromatic carbocycles. The quantitative estimate of drug-likeness (QED) is 0.821. The van der Waals surface area contributed by atoms with E-state index in [1.54, 1.807) is 0 Å².